The van der Waals surface area contributed by atoms with Crippen LogP contribution in [0.5, 0.6) is 0 Å². The molecule has 0 amide bonds. The summed E-state index contributed by atoms with van der Waals surface area (Å²) in [5, 5.41) is 7.41. The Hall–Kier alpha value is -1.75. The highest BCUT2D eigenvalue weighted by molar-refractivity contribution is 9.10. The quantitative estimate of drug-likeness (QED) is 0.446. The molecule has 1 saturated carbocycles. The van der Waals surface area contributed by atoms with E-state index in [2.05, 4.69) is 29.1 Å². The number of benzene rings is 1. The number of halogens is 2. The van der Waals surface area contributed by atoms with Crippen molar-refractivity contribution in [3.05, 3.63) is 59.4 Å². The Balaban J connectivity index is 2.15. The molecule has 1 aliphatic carbocycles. The zero-order chi connectivity index (χ0) is 16.4. The van der Waals surface area contributed by atoms with Gasteiger partial charge < -0.3 is 10.1 Å². The fourth-order valence-electron chi connectivity index (χ4n) is 2.23. The third-order valence-electron chi connectivity index (χ3n) is 3.95. The minimum absolute atomic E-state index is 0.336. The lowest BCUT2D eigenvalue weighted by Crippen LogP contribution is -2.36. The van der Waals surface area contributed by atoms with Gasteiger partial charge in [-0.05, 0) is 65.0 Å². The fraction of sp³-hybridized carbons (Fsp3) is 0.294. The maximum Gasteiger partial charge on any atom is 0.313 e. The molecule has 22 heavy (non-hydrogen) atoms. The van der Waals surface area contributed by atoms with E-state index in [9.17, 15) is 9.18 Å². The lowest BCUT2D eigenvalue weighted by atomic mass is 9.96. The lowest BCUT2D eigenvalue weighted by Gasteiger charge is -2.25. The molecule has 1 fully saturated rings. The molecule has 0 heterocycles. The first-order chi connectivity index (χ1) is 10.4. The van der Waals surface area contributed by atoms with Gasteiger partial charge in [-0.1, -0.05) is 19.2 Å². The van der Waals surface area contributed by atoms with Crippen LogP contribution in [0.15, 0.2) is 48.0 Å². The van der Waals surface area contributed by atoms with Gasteiger partial charge in [0.1, 0.15) is 5.82 Å². The van der Waals surface area contributed by atoms with E-state index in [0.29, 0.717) is 23.7 Å². The molecule has 0 spiro atoms. The van der Waals surface area contributed by atoms with E-state index in [4.69, 9.17) is 10.1 Å². The second-order valence-electron chi connectivity index (χ2n) is 5.50. The topological polar surface area (TPSA) is 50.1 Å². The first kappa shape index (κ1) is 16.6. The van der Waals surface area contributed by atoms with Gasteiger partial charge in [-0.2, -0.15) is 0 Å². The average molecular weight is 366 g/mol. The van der Waals surface area contributed by atoms with Gasteiger partial charge in [-0.25, -0.2) is 4.39 Å². The van der Waals surface area contributed by atoms with E-state index >= 15 is 0 Å². The summed E-state index contributed by atoms with van der Waals surface area (Å²) in [6, 6.07) is 4.71. The van der Waals surface area contributed by atoms with Crippen molar-refractivity contribution < 1.29 is 13.9 Å². The summed E-state index contributed by atoms with van der Waals surface area (Å²) in [6.07, 6.45) is 5.64. The molecule has 5 heteroatoms. The van der Waals surface area contributed by atoms with E-state index in [1.165, 1.54) is 18.2 Å². The monoisotopic (exact) mass is 365 g/mol. The number of hydrogen-bond acceptors (Lipinski definition) is 3. The van der Waals surface area contributed by atoms with Gasteiger partial charge in [-0.15, -0.1) is 0 Å². The molecule has 0 aliphatic heterocycles. The molecule has 1 N–H and O–H groups in total. The van der Waals surface area contributed by atoms with Crippen LogP contribution in [-0.2, 0) is 16.0 Å². The van der Waals surface area contributed by atoms with Crippen LogP contribution < -0.4 is 0 Å². The molecule has 116 valence electrons. The van der Waals surface area contributed by atoms with Gasteiger partial charge in [0.15, 0.2) is 5.60 Å². The molecule has 2 rings (SSSR count). The molecule has 0 saturated heterocycles. The van der Waals surface area contributed by atoms with Gasteiger partial charge >= 0.3 is 5.97 Å². The summed E-state index contributed by atoms with van der Waals surface area (Å²) in [5.41, 5.74) is -1.01. The van der Waals surface area contributed by atoms with Crippen LogP contribution in [0.1, 0.15) is 18.4 Å². The molecule has 0 bridgehead atoms. The fourth-order valence-corrected chi connectivity index (χ4v) is 2.65. The highest BCUT2D eigenvalue weighted by atomic mass is 79.9. The first-order valence-electron chi connectivity index (χ1n) is 6.86. The molecule has 1 aromatic rings. The third-order valence-corrected chi connectivity index (χ3v) is 4.55. The number of rotatable bonds is 7. The first-order valence-corrected chi connectivity index (χ1v) is 7.66. The molecule has 1 aliphatic rings. The lowest BCUT2D eigenvalue weighted by molar-refractivity contribution is -0.154. The average Bonchev–Trinajstić information content (AvgIpc) is 3.29. The van der Waals surface area contributed by atoms with E-state index in [1.807, 2.05) is 0 Å². The predicted molar refractivity (Wildman–Crippen MR) is 87.5 cm³/mol. The Morgan fingerprint density at radius 2 is 2.09 bits per heavy atom. The van der Waals surface area contributed by atoms with Crippen molar-refractivity contribution in [3.8, 4) is 0 Å². The number of esters is 1. The van der Waals surface area contributed by atoms with Gasteiger partial charge in [0.25, 0.3) is 0 Å². The van der Waals surface area contributed by atoms with Gasteiger partial charge in [0.2, 0.25) is 0 Å². The largest absolute Gasteiger partial charge is 0.444 e. The number of nitrogens with one attached hydrogen (secondary N) is 1. The van der Waals surface area contributed by atoms with Crippen molar-refractivity contribution in [2.24, 2.45) is 5.41 Å². The summed E-state index contributed by atoms with van der Waals surface area (Å²) < 4.78 is 19.1. The molecule has 0 aromatic heterocycles. The van der Waals surface area contributed by atoms with Gasteiger partial charge in [0, 0.05) is 6.21 Å². The van der Waals surface area contributed by atoms with Crippen molar-refractivity contribution in [2.45, 2.75) is 24.9 Å². The Morgan fingerprint density at radius 1 is 1.45 bits per heavy atom. The second kappa shape index (κ2) is 6.16. The minimum atomic E-state index is -1.27. The summed E-state index contributed by atoms with van der Waals surface area (Å²) in [6.45, 7) is 7.18. The van der Waals surface area contributed by atoms with Crippen LogP contribution in [-0.4, -0.2) is 17.8 Å². The van der Waals surface area contributed by atoms with E-state index in [-0.39, 0.29) is 11.8 Å². The highest BCUT2D eigenvalue weighted by Gasteiger charge is 2.52. The number of carbonyl (C=O) groups excluding carboxylic acids is 1. The zero-order valence-electron chi connectivity index (χ0n) is 12.1. The van der Waals surface area contributed by atoms with Gasteiger partial charge in [-0.3, -0.25) is 4.79 Å². The Morgan fingerprint density at radius 3 is 2.55 bits per heavy atom. The normalized spacial score (nSPS) is 15.7. The van der Waals surface area contributed by atoms with Crippen LogP contribution in [0, 0.1) is 16.6 Å². The summed E-state index contributed by atoms with van der Waals surface area (Å²) in [4.78, 5) is 12.5. The van der Waals surface area contributed by atoms with Crippen LogP contribution in [0.4, 0.5) is 4.39 Å². The van der Waals surface area contributed by atoms with E-state index < -0.39 is 11.0 Å². The standard InChI is InChI=1S/C17H17BrFNO2/c1-3-17(4-2,11-20)22-15(21)16(7-8-16)10-12-5-6-14(19)13(18)9-12/h3-6,9,11,20H,1-2,7-8,10H2. The molecular weight excluding hydrogens is 349 g/mol. The summed E-state index contributed by atoms with van der Waals surface area (Å²) >= 11 is 3.15. The Labute approximate surface area is 137 Å². The molecule has 0 atom stereocenters. The Kier molecular flexibility index (Phi) is 4.66. The highest BCUT2D eigenvalue weighted by Crippen LogP contribution is 2.50. The smallest absolute Gasteiger partial charge is 0.313 e. The summed E-state index contributed by atoms with van der Waals surface area (Å²) in [5.74, 6) is -0.714. The Bertz CT molecular complexity index is 616. The maximum absolute atomic E-state index is 13.3. The van der Waals surface area contributed by atoms with Crippen LogP contribution in [0.3, 0.4) is 0 Å². The molecule has 0 radical (unpaired) electrons. The van der Waals surface area contributed by atoms with Crippen molar-refractivity contribution in [1.82, 2.24) is 0 Å². The van der Waals surface area contributed by atoms with Crippen molar-refractivity contribution in [1.29, 1.82) is 5.41 Å². The van der Waals surface area contributed by atoms with Gasteiger partial charge in [0.05, 0.1) is 9.89 Å². The predicted octanol–water partition coefficient (Wildman–Crippen LogP) is 4.21. The minimum Gasteiger partial charge on any atom is -0.444 e. The number of hydrogen-bond donors (Lipinski definition) is 1. The van der Waals surface area contributed by atoms with Crippen LogP contribution in [0.2, 0.25) is 0 Å². The summed E-state index contributed by atoms with van der Waals surface area (Å²) in [7, 11) is 0. The van der Waals surface area contributed by atoms with Crippen molar-refractivity contribution in [2.75, 3.05) is 0 Å². The molecule has 3 nitrogen and oxygen atoms in total. The van der Waals surface area contributed by atoms with Crippen LogP contribution >= 0.6 is 15.9 Å². The van der Waals surface area contributed by atoms with E-state index in [0.717, 1.165) is 11.8 Å². The van der Waals surface area contributed by atoms with Crippen molar-refractivity contribution >= 4 is 28.1 Å². The number of ether oxygens (including phenoxy) is 1. The number of carbonyl (C=O) groups is 1. The van der Waals surface area contributed by atoms with Crippen LogP contribution in [0.25, 0.3) is 0 Å². The second-order valence-corrected chi connectivity index (χ2v) is 6.36. The zero-order valence-corrected chi connectivity index (χ0v) is 13.7. The van der Waals surface area contributed by atoms with Crippen molar-refractivity contribution in [3.63, 3.8) is 0 Å². The maximum atomic E-state index is 13.3. The molecular formula is C17H17BrFNO2. The third kappa shape index (κ3) is 3.19. The molecule has 1 aromatic carbocycles. The molecule has 0 unspecified atom stereocenters. The SMILES string of the molecule is C=CC(C=C)(C=N)OC(=O)C1(Cc2ccc(F)c(Br)c2)CC1. The van der Waals surface area contributed by atoms with E-state index in [1.54, 1.807) is 12.1 Å².